The minimum absolute atomic E-state index is 0.0818. The zero-order chi connectivity index (χ0) is 22.2. The van der Waals surface area contributed by atoms with Crippen LogP contribution in [0.15, 0.2) is 42.1 Å². The van der Waals surface area contributed by atoms with Gasteiger partial charge < -0.3 is 5.43 Å². The number of nitrogens with zero attached hydrogens (tertiary/aromatic N) is 4. The summed E-state index contributed by atoms with van der Waals surface area (Å²) in [5, 5.41) is 8.61. The van der Waals surface area contributed by atoms with Gasteiger partial charge in [0, 0.05) is 24.6 Å². The van der Waals surface area contributed by atoms with Gasteiger partial charge in [-0.3, -0.25) is 9.80 Å². The van der Waals surface area contributed by atoms with Crippen LogP contribution in [-0.4, -0.2) is 15.3 Å². The van der Waals surface area contributed by atoms with Gasteiger partial charge in [0.25, 0.3) is 0 Å². The van der Waals surface area contributed by atoms with Crippen LogP contribution in [-0.2, 0) is 18.9 Å². The normalized spacial score (nSPS) is 28.3. The van der Waals surface area contributed by atoms with Gasteiger partial charge in [-0.2, -0.15) is 10.1 Å². The van der Waals surface area contributed by atoms with E-state index in [1.165, 1.54) is 61.3 Å². The highest BCUT2D eigenvalue weighted by Gasteiger charge is 2.74. The van der Waals surface area contributed by atoms with Crippen molar-refractivity contribution in [2.75, 3.05) is 5.01 Å². The number of fused-ring (bicyclic) bond motifs is 6. The Labute approximate surface area is 189 Å². The number of rotatable bonds is 2. The maximum Gasteiger partial charge on any atom is 0.123 e. The number of benzene rings is 2. The predicted octanol–water partition coefficient (Wildman–Crippen LogP) is 4.28. The average molecular weight is 424 g/mol. The number of hydrogen-bond acceptors (Lipinski definition) is 2. The molecule has 1 aliphatic carbocycles. The van der Waals surface area contributed by atoms with Gasteiger partial charge in [-0.25, -0.2) is 0 Å². The Morgan fingerprint density at radius 2 is 1.94 bits per heavy atom. The van der Waals surface area contributed by atoms with E-state index in [1.54, 1.807) is 0 Å². The van der Waals surface area contributed by atoms with E-state index >= 15 is 0 Å². The third-order valence-corrected chi connectivity index (χ3v) is 8.68. The van der Waals surface area contributed by atoms with Gasteiger partial charge in [-0.1, -0.05) is 47.7 Å². The molecule has 7 rings (SSSR count). The number of anilines is 1. The highest BCUT2D eigenvalue weighted by atomic mass is 15.9. The summed E-state index contributed by atoms with van der Waals surface area (Å²) < 4.78 is 2.07. The molecule has 0 spiro atoms. The summed E-state index contributed by atoms with van der Waals surface area (Å²) in [5.74, 6) is 0. The largest absolute Gasteiger partial charge is 0.463 e. The summed E-state index contributed by atoms with van der Waals surface area (Å²) in [4.78, 5) is 0. The van der Waals surface area contributed by atoms with E-state index in [2.05, 4.69) is 87.8 Å². The molecule has 0 saturated heterocycles. The Morgan fingerprint density at radius 3 is 2.75 bits per heavy atom. The molecule has 1 N–H and O–H groups in total. The summed E-state index contributed by atoms with van der Waals surface area (Å²) in [6, 6.07) is 13.6. The maximum absolute atomic E-state index is 5.43. The highest BCUT2D eigenvalue weighted by Crippen LogP contribution is 2.64. The van der Waals surface area contributed by atoms with Crippen molar-refractivity contribution in [3.63, 3.8) is 0 Å². The lowest BCUT2D eigenvalue weighted by molar-refractivity contribution is -0.899. The van der Waals surface area contributed by atoms with Gasteiger partial charge in [-0.05, 0) is 57.7 Å². The molecule has 0 amide bonds. The van der Waals surface area contributed by atoms with Gasteiger partial charge >= 0.3 is 0 Å². The Kier molecular flexibility index (Phi) is 3.16. The molecule has 1 saturated carbocycles. The lowest BCUT2D eigenvalue weighted by Gasteiger charge is -2.47. The van der Waals surface area contributed by atoms with Crippen molar-refractivity contribution in [1.29, 1.82) is 0 Å². The minimum Gasteiger partial charge on any atom is -0.463 e. The van der Waals surface area contributed by atoms with E-state index in [9.17, 15) is 0 Å². The van der Waals surface area contributed by atoms with Gasteiger partial charge in [0.2, 0.25) is 0 Å². The van der Waals surface area contributed by atoms with E-state index in [-0.39, 0.29) is 11.0 Å². The Hall–Kier alpha value is -3.05. The van der Waals surface area contributed by atoms with Crippen LogP contribution in [0.1, 0.15) is 53.9 Å². The molecule has 162 valence electrons. The molecule has 1 fully saturated rings. The first-order valence-corrected chi connectivity index (χ1v) is 11.6. The second-order valence-electron chi connectivity index (χ2n) is 10.6. The lowest BCUT2D eigenvalue weighted by atomic mass is 9.83. The summed E-state index contributed by atoms with van der Waals surface area (Å²) in [5.41, 5.74) is 19.8. The topological polar surface area (TPSA) is 39.6 Å². The molecule has 2 unspecified atom stereocenters. The molecular formula is C27H29N5. The van der Waals surface area contributed by atoms with Crippen molar-refractivity contribution in [2.45, 2.75) is 58.4 Å². The molecule has 3 aromatic rings. The third-order valence-electron chi connectivity index (χ3n) is 8.68. The van der Waals surface area contributed by atoms with Crippen LogP contribution in [0.2, 0.25) is 0 Å². The van der Waals surface area contributed by atoms with Crippen LogP contribution < -0.4 is 10.1 Å². The fourth-order valence-electron chi connectivity index (χ4n) is 6.66. The van der Waals surface area contributed by atoms with Crippen LogP contribution in [0.25, 0.3) is 22.2 Å². The van der Waals surface area contributed by atoms with Crippen molar-refractivity contribution in [2.24, 2.45) is 7.05 Å². The molecule has 4 aliphatic rings. The summed E-state index contributed by atoms with van der Waals surface area (Å²) in [7, 11) is 2.08. The SMILES string of the molecule is Cc1ccc(C)c(CC2=C3c4c(c(C)nn4C)-c4cccc5c4N3[NH+]([N-]2)[C@]2(C)CC52C)c1. The molecule has 0 bridgehead atoms. The molecule has 2 aromatic carbocycles. The van der Waals surface area contributed by atoms with Crippen molar-refractivity contribution in [3.05, 3.63) is 81.2 Å². The Balaban J connectivity index is 1.53. The molecule has 0 radical (unpaired) electrons. The van der Waals surface area contributed by atoms with Crippen LogP contribution in [0.5, 0.6) is 0 Å². The predicted molar refractivity (Wildman–Crippen MR) is 127 cm³/mol. The van der Waals surface area contributed by atoms with Crippen molar-refractivity contribution in [1.82, 2.24) is 9.78 Å². The van der Waals surface area contributed by atoms with E-state index in [0.717, 1.165) is 18.5 Å². The average Bonchev–Trinajstić information content (AvgIpc) is 3.02. The van der Waals surface area contributed by atoms with E-state index < -0.39 is 0 Å². The van der Waals surface area contributed by atoms with E-state index in [4.69, 9.17) is 10.5 Å². The monoisotopic (exact) mass is 423 g/mol. The third kappa shape index (κ3) is 1.93. The van der Waals surface area contributed by atoms with Crippen LogP contribution in [0.3, 0.4) is 0 Å². The smallest absolute Gasteiger partial charge is 0.123 e. The molecule has 5 nitrogen and oxygen atoms in total. The Morgan fingerprint density at radius 1 is 1.12 bits per heavy atom. The van der Waals surface area contributed by atoms with Gasteiger partial charge in [0.1, 0.15) is 16.9 Å². The second-order valence-corrected chi connectivity index (χ2v) is 10.6. The first-order valence-electron chi connectivity index (χ1n) is 11.6. The molecular weight excluding hydrogens is 394 g/mol. The second kappa shape index (κ2) is 5.46. The van der Waals surface area contributed by atoms with Gasteiger partial charge in [0.15, 0.2) is 0 Å². The highest BCUT2D eigenvalue weighted by molar-refractivity contribution is 6.01. The number of quaternary nitrogens is 1. The number of aryl methyl sites for hydroxylation is 4. The molecule has 4 heterocycles. The molecule has 5 heteroatoms. The molecule has 3 atom stereocenters. The quantitative estimate of drug-likeness (QED) is 0.668. The first kappa shape index (κ1) is 18.5. The number of nitrogens with one attached hydrogen (secondary N) is 1. The number of hydrogen-bond donors (Lipinski definition) is 1. The summed E-state index contributed by atoms with van der Waals surface area (Å²) in [6.07, 6.45) is 2.00. The van der Waals surface area contributed by atoms with Crippen LogP contribution in [0.4, 0.5) is 5.69 Å². The zero-order valence-electron chi connectivity index (χ0n) is 19.7. The summed E-state index contributed by atoms with van der Waals surface area (Å²) in [6.45, 7) is 11.4. The van der Waals surface area contributed by atoms with Crippen LogP contribution in [0, 0.1) is 20.8 Å². The first-order chi connectivity index (χ1) is 15.2. The molecule has 3 aliphatic heterocycles. The van der Waals surface area contributed by atoms with Crippen molar-refractivity contribution in [3.8, 4) is 11.1 Å². The Bertz CT molecular complexity index is 1400. The fraction of sp³-hybridized carbons (Fsp3) is 0.370. The van der Waals surface area contributed by atoms with E-state index in [0.29, 0.717) is 0 Å². The van der Waals surface area contributed by atoms with Gasteiger partial charge in [0.05, 0.1) is 16.8 Å². The van der Waals surface area contributed by atoms with Gasteiger partial charge in [-0.15, -0.1) is 0 Å². The maximum atomic E-state index is 5.43. The fourth-order valence-corrected chi connectivity index (χ4v) is 6.66. The van der Waals surface area contributed by atoms with Crippen molar-refractivity contribution >= 4 is 11.4 Å². The lowest BCUT2D eigenvalue weighted by Crippen LogP contribution is -3.20. The number of allylic oxidation sites excluding steroid dienone is 1. The minimum atomic E-state index is 0.0818. The zero-order valence-corrected chi connectivity index (χ0v) is 19.7. The van der Waals surface area contributed by atoms with Crippen molar-refractivity contribution < 1.29 is 5.12 Å². The van der Waals surface area contributed by atoms with Crippen LogP contribution >= 0.6 is 0 Å². The number of para-hydroxylation sites is 1. The summed E-state index contributed by atoms with van der Waals surface area (Å²) >= 11 is 0. The molecule has 1 aromatic heterocycles. The number of aromatic nitrogens is 2. The molecule has 32 heavy (non-hydrogen) atoms. The van der Waals surface area contributed by atoms with E-state index in [1.807, 2.05) is 0 Å². The standard InChI is InChI=1S/C27H29N5/c1-15-10-11-16(2)18(12-15)13-21-24-25-22(17(3)28-30(25)6)19-8-7-9-20-23(19)31(24)32(29-21)27(5)14-26(20,27)4/h7-12,32H,13-14H2,1-6H3/t26?,27-/m1/s1.